The van der Waals surface area contributed by atoms with Crippen LogP contribution in [-0.2, 0) is 14.6 Å². The van der Waals surface area contributed by atoms with E-state index in [1.807, 2.05) is 0 Å². The number of nitrogens with zero attached hydrogens (tertiary/aromatic N) is 1. The minimum absolute atomic E-state index is 0.211. The number of nitrogens with one attached hydrogen (secondary N) is 1. The van der Waals surface area contributed by atoms with Crippen LogP contribution in [0.4, 0.5) is 4.79 Å². The fourth-order valence-corrected chi connectivity index (χ4v) is 0.940. The molecule has 9 nitrogen and oxygen atoms in total. The van der Waals surface area contributed by atoms with Crippen molar-refractivity contribution in [1.82, 2.24) is 9.89 Å². The summed E-state index contributed by atoms with van der Waals surface area (Å²) in [5.41, 5.74) is 5.90. The lowest BCUT2D eigenvalue weighted by molar-refractivity contribution is 0.169. The molecule has 0 fully saturated rings. The van der Waals surface area contributed by atoms with Crippen LogP contribution in [-0.4, -0.2) is 37.1 Å². The van der Waals surface area contributed by atoms with Crippen LogP contribution in [0.15, 0.2) is 0 Å². The average molecular weight is 214 g/mol. The Morgan fingerprint density at radius 2 is 2.15 bits per heavy atom. The highest BCUT2D eigenvalue weighted by Gasteiger charge is 2.19. The van der Waals surface area contributed by atoms with Gasteiger partial charge in [-0.2, -0.15) is 13.9 Å². The van der Waals surface area contributed by atoms with Gasteiger partial charge >= 0.3 is 16.3 Å². The highest BCUT2D eigenvalue weighted by atomic mass is 32.2. The minimum atomic E-state index is -4.28. The molecule has 78 valence electrons. The molecule has 0 aromatic rings. The zero-order valence-corrected chi connectivity index (χ0v) is 7.32. The Bertz CT molecular complexity index is 263. The maximum atomic E-state index is 10.8. The summed E-state index contributed by atoms with van der Waals surface area (Å²) in [7, 11) is -4.28. The number of aliphatic hydroxyl groups is 1. The van der Waals surface area contributed by atoms with Crippen molar-refractivity contribution in [2.75, 3.05) is 13.2 Å². The van der Waals surface area contributed by atoms with E-state index in [9.17, 15) is 13.2 Å². The lowest BCUT2D eigenvalue weighted by atomic mass is 10.7. The molecule has 0 aliphatic heterocycles. The molecule has 0 aromatic heterocycles. The number of hydrazine groups is 1. The van der Waals surface area contributed by atoms with Gasteiger partial charge in [0.1, 0.15) is 0 Å². The van der Waals surface area contributed by atoms with Gasteiger partial charge in [-0.05, 0) is 0 Å². The van der Waals surface area contributed by atoms with Crippen LogP contribution in [0.1, 0.15) is 0 Å². The molecule has 0 saturated carbocycles. The second kappa shape index (κ2) is 4.94. The molecule has 13 heavy (non-hydrogen) atoms. The van der Waals surface area contributed by atoms with E-state index < -0.39 is 22.9 Å². The zero-order chi connectivity index (χ0) is 10.5. The first-order valence-electron chi connectivity index (χ1n) is 3.02. The summed E-state index contributed by atoms with van der Waals surface area (Å²) in [4.78, 5) is 10.0. The van der Waals surface area contributed by atoms with Crippen molar-refractivity contribution in [3.8, 4) is 0 Å². The molecule has 0 heterocycles. The number of hydroxylamine groups is 1. The number of aliphatic hydroxyl groups excluding tert-OH is 1. The van der Waals surface area contributed by atoms with Crippen LogP contribution >= 0.6 is 0 Å². The van der Waals surface area contributed by atoms with Gasteiger partial charge in [0.05, 0.1) is 13.2 Å². The van der Waals surface area contributed by atoms with E-state index in [0.29, 0.717) is 0 Å². The van der Waals surface area contributed by atoms with E-state index in [1.165, 1.54) is 5.48 Å². The van der Waals surface area contributed by atoms with Gasteiger partial charge in [-0.3, -0.25) is 5.84 Å². The van der Waals surface area contributed by atoms with Gasteiger partial charge in [-0.1, -0.05) is 0 Å². The molecule has 0 saturated heterocycles. The number of nitrogens with two attached hydrogens (primary N) is 2. The molecule has 0 atom stereocenters. The first kappa shape index (κ1) is 12.1. The highest BCUT2D eigenvalue weighted by Crippen LogP contribution is 1.93. The van der Waals surface area contributed by atoms with E-state index in [1.54, 1.807) is 0 Å². The summed E-state index contributed by atoms with van der Waals surface area (Å²) < 4.78 is 25.7. The van der Waals surface area contributed by atoms with E-state index in [2.05, 4.69) is 10.0 Å². The Balaban J connectivity index is 4.15. The number of carbonyl (C=O) groups is 1. The number of amides is 2. The van der Waals surface area contributed by atoms with Crippen molar-refractivity contribution in [2.24, 2.45) is 11.6 Å². The molecule has 0 radical (unpaired) electrons. The first-order valence-corrected chi connectivity index (χ1v) is 4.39. The van der Waals surface area contributed by atoms with Crippen LogP contribution in [0.2, 0.25) is 0 Å². The molecular formula is C3H10N4O5S. The van der Waals surface area contributed by atoms with E-state index in [4.69, 9.17) is 10.9 Å². The smallest absolute Gasteiger partial charge is 0.372 e. The summed E-state index contributed by atoms with van der Waals surface area (Å²) in [6, 6.07) is -1.18. The minimum Gasteiger partial charge on any atom is -0.395 e. The summed E-state index contributed by atoms with van der Waals surface area (Å²) >= 11 is 0. The van der Waals surface area contributed by atoms with Crippen molar-refractivity contribution >= 4 is 16.3 Å². The second-order valence-electron chi connectivity index (χ2n) is 1.84. The van der Waals surface area contributed by atoms with Crippen molar-refractivity contribution < 1.29 is 22.6 Å². The lowest BCUT2D eigenvalue weighted by Crippen LogP contribution is -2.44. The van der Waals surface area contributed by atoms with Crippen molar-refractivity contribution in [1.29, 1.82) is 0 Å². The fraction of sp³-hybridized carbons (Fsp3) is 0.667. The standard InChI is InChI=1S/C3H10N4O5S/c4-3(9)6-12-13(10,11)7(5)1-2-8/h8H,1-2,5H2,(H3,4,6,9). The maximum absolute atomic E-state index is 10.8. The molecule has 2 amide bonds. The van der Waals surface area contributed by atoms with Crippen molar-refractivity contribution in [2.45, 2.75) is 0 Å². The van der Waals surface area contributed by atoms with Crippen LogP contribution in [0, 0.1) is 0 Å². The van der Waals surface area contributed by atoms with Crippen LogP contribution < -0.4 is 17.1 Å². The Labute approximate surface area is 74.4 Å². The highest BCUT2D eigenvalue weighted by molar-refractivity contribution is 7.84. The van der Waals surface area contributed by atoms with Crippen molar-refractivity contribution in [3.05, 3.63) is 0 Å². The predicted octanol–water partition coefficient (Wildman–Crippen LogP) is -3.00. The number of primary amides is 1. The molecule has 10 heteroatoms. The molecule has 0 rings (SSSR count). The van der Waals surface area contributed by atoms with Crippen LogP contribution in [0.3, 0.4) is 0 Å². The number of carbonyl (C=O) groups excluding carboxylic acids is 1. The van der Waals surface area contributed by atoms with Crippen molar-refractivity contribution in [3.63, 3.8) is 0 Å². The average Bonchev–Trinajstić information content (AvgIpc) is 2.01. The van der Waals surface area contributed by atoms with E-state index in [0.717, 1.165) is 0 Å². The maximum Gasteiger partial charge on any atom is 0.372 e. The molecule has 0 aliphatic carbocycles. The van der Waals surface area contributed by atoms with Gasteiger partial charge in [0.2, 0.25) is 0 Å². The van der Waals surface area contributed by atoms with Gasteiger partial charge in [-0.15, -0.1) is 8.70 Å². The molecule has 0 spiro atoms. The van der Waals surface area contributed by atoms with Crippen LogP contribution in [0.25, 0.3) is 0 Å². The zero-order valence-electron chi connectivity index (χ0n) is 6.50. The monoisotopic (exact) mass is 214 g/mol. The third kappa shape index (κ3) is 4.59. The molecular weight excluding hydrogens is 204 g/mol. The van der Waals surface area contributed by atoms with Gasteiger partial charge in [-0.25, -0.2) is 4.79 Å². The number of hydrogen-bond acceptors (Lipinski definition) is 6. The Kier molecular flexibility index (Phi) is 4.58. The SMILES string of the molecule is NC(=O)NOS(=O)(=O)N(N)CCO. The summed E-state index contributed by atoms with van der Waals surface area (Å²) in [6.07, 6.45) is 0. The largest absolute Gasteiger partial charge is 0.395 e. The van der Waals surface area contributed by atoms with Gasteiger partial charge in [0, 0.05) is 0 Å². The summed E-state index contributed by atoms with van der Waals surface area (Å²) in [5.74, 6) is 4.92. The third-order valence-corrected chi connectivity index (χ3v) is 1.91. The third-order valence-electron chi connectivity index (χ3n) is 0.855. The van der Waals surface area contributed by atoms with Crippen LogP contribution in [0.5, 0.6) is 0 Å². The molecule has 0 bridgehead atoms. The molecule has 6 N–H and O–H groups in total. The predicted molar refractivity (Wildman–Crippen MR) is 40.7 cm³/mol. The number of rotatable bonds is 5. The quantitative estimate of drug-likeness (QED) is 0.283. The van der Waals surface area contributed by atoms with Gasteiger partial charge in [0.25, 0.3) is 0 Å². The van der Waals surface area contributed by atoms with Gasteiger partial charge < -0.3 is 10.8 Å². The normalized spacial score (nSPS) is 11.6. The van der Waals surface area contributed by atoms with E-state index >= 15 is 0 Å². The molecule has 0 aromatic carbocycles. The summed E-state index contributed by atoms with van der Waals surface area (Å²) in [5, 5.41) is 8.32. The molecule has 0 aliphatic rings. The number of hydrogen-bond donors (Lipinski definition) is 4. The Morgan fingerprint density at radius 1 is 1.62 bits per heavy atom. The summed E-state index contributed by atoms with van der Waals surface area (Å²) in [6.45, 7) is -0.835. The first-order chi connectivity index (χ1) is 5.90. The number of urea groups is 1. The Morgan fingerprint density at radius 3 is 2.54 bits per heavy atom. The fourth-order valence-electron chi connectivity index (χ4n) is 0.352. The topological polar surface area (TPSA) is 148 Å². The second-order valence-corrected chi connectivity index (χ2v) is 3.33. The van der Waals surface area contributed by atoms with Gasteiger partial charge in [0.15, 0.2) is 0 Å². The van der Waals surface area contributed by atoms with E-state index in [-0.39, 0.29) is 11.0 Å². The Hall–Kier alpha value is -0.940. The lowest BCUT2D eigenvalue weighted by Gasteiger charge is -2.13. The molecule has 0 unspecified atom stereocenters.